The summed E-state index contributed by atoms with van der Waals surface area (Å²) < 4.78 is 6.78. The normalized spacial score (nSPS) is 14.8. The molecule has 8 heteroatoms. The second kappa shape index (κ2) is 8.90. The van der Waals surface area contributed by atoms with Crippen LogP contribution in [0.25, 0.3) is 22.2 Å². The van der Waals surface area contributed by atoms with Crippen molar-refractivity contribution in [1.82, 2.24) is 20.0 Å². The van der Waals surface area contributed by atoms with E-state index in [-0.39, 0.29) is 17.8 Å². The molecule has 1 amide bonds. The first-order chi connectivity index (χ1) is 16.1. The number of nitrogens with two attached hydrogens (primary N) is 1. The van der Waals surface area contributed by atoms with Crippen molar-refractivity contribution in [2.75, 3.05) is 12.8 Å². The van der Waals surface area contributed by atoms with Gasteiger partial charge in [0.2, 0.25) is 0 Å². The highest BCUT2D eigenvalue weighted by molar-refractivity contribution is 6.10. The van der Waals surface area contributed by atoms with Crippen LogP contribution in [0.3, 0.4) is 0 Å². The number of hydrogen-bond acceptors (Lipinski definition) is 6. The molecule has 0 aliphatic heterocycles. The number of ether oxygens (including phenoxy) is 1. The van der Waals surface area contributed by atoms with Crippen molar-refractivity contribution >= 4 is 40.1 Å². The van der Waals surface area contributed by atoms with Crippen LogP contribution in [0.15, 0.2) is 53.6 Å². The van der Waals surface area contributed by atoms with Crippen LogP contribution in [0.5, 0.6) is 5.75 Å². The van der Waals surface area contributed by atoms with Gasteiger partial charge in [-0.05, 0) is 42.7 Å². The van der Waals surface area contributed by atoms with Gasteiger partial charge in [0.25, 0.3) is 5.91 Å². The lowest BCUT2D eigenvalue weighted by atomic mass is 9.95. The van der Waals surface area contributed by atoms with E-state index in [1.807, 2.05) is 48.5 Å². The minimum Gasteiger partial charge on any atom is -0.497 e. The summed E-state index contributed by atoms with van der Waals surface area (Å²) in [5.74, 6) is 0.708. The van der Waals surface area contributed by atoms with Crippen LogP contribution in [0.4, 0.5) is 5.82 Å². The lowest BCUT2D eigenvalue weighted by Gasteiger charge is -2.22. The molecule has 33 heavy (non-hydrogen) atoms. The molecule has 8 nitrogen and oxygen atoms in total. The maximum atomic E-state index is 13.3. The number of aromatic nitrogens is 3. The van der Waals surface area contributed by atoms with E-state index < -0.39 is 0 Å². The molecule has 1 aliphatic carbocycles. The number of para-hydroxylation sites is 2. The maximum absolute atomic E-state index is 13.3. The number of carbonyl (C=O) groups excluding carboxylic acids is 1. The summed E-state index contributed by atoms with van der Waals surface area (Å²) in [7, 11) is 1.62. The SMILES string of the molecule is COc1cccc(/C=N\n2c(N)c(C(=O)NC3CCCCC3)c3nc4ccccc4nc32)c1. The van der Waals surface area contributed by atoms with Crippen LogP contribution in [-0.4, -0.2) is 39.9 Å². The largest absolute Gasteiger partial charge is 0.497 e. The van der Waals surface area contributed by atoms with Crippen LogP contribution < -0.4 is 15.8 Å². The Bertz CT molecular complexity index is 1350. The van der Waals surface area contributed by atoms with Gasteiger partial charge in [0, 0.05) is 6.04 Å². The number of rotatable bonds is 5. The molecule has 0 saturated heterocycles. The second-order valence-corrected chi connectivity index (χ2v) is 8.29. The third-order valence-electron chi connectivity index (χ3n) is 6.06. The van der Waals surface area contributed by atoms with Crippen molar-refractivity contribution in [2.24, 2.45) is 5.10 Å². The Balaban J connectivity index is 1.61. The van der Waals surface area contributed by atoms with E-state index in [9.17, 15) is 4.79 Å². The number of carbonyl (C=O) groups is 1. The fourth-order valence-electron chi connectivity index (χ4n) is 4.34. The average molecular weight is 443 g/mol. The van der Waals surface area contributed by atoms with E-state index in [1.165, 1.54) is 11.1 Å². The smallest absolute Gasteiger partial charge is 0.257 e. The van der Waals surface area contributed by atoms with Gasteiger partial charge >= 0.3 is 0 Å². The van der Waals surface area contributed by atoms with E-state index in [0.717, 1.165) is 37.0 Å². The van der Waals surface area contributed by atoms with Gasteiger partial charge in [0.05, 0.1) is 24.4 Å². The number of hydrogen-bond donors (Lipinski definition) is 2. The molecular weight excluding hydrogens is 416 g/mol. The van der Waals surface area contributed by atoms with Crippen LogP contribution in [0.1, 0.15) is 48.0 Å². The summed E-state index contributed by atoms with van der Waals surface area (Å²) in [5.41, 5.74) is 9.93. The molecule has 3 N–H and O–H groups in total. The third-order valence-corrected chi connectivity index (χ3v) is 6.06. The van der Waals surface area contributed by atoms with Gasteiger partial charge in [-0.2, -0.15) is 9.78 Å². The topological polar surface area (TPSA) is 107 Å². The molecule has 0 atom stereocenters. The molecule has 2 aromatic carbocycles. The lowest BCUT2D eigenvalue weighted by molar-refractivity contribution is 0.0930. The Morgan fingerprint density at radius 3 is 2.64 bits per heavy atom. The van der Waals surface area contributed by atoms with Gasteiger partial charge in [-0.25, -0.2) is 9.97 Å². The van der Waals surface area contributed by atoms with E-state index in [2.05, 4.69) is 10.4 Å². The fraction of sp³-hybridized carbons (Fsp3) is 0.280. The van der Waals surface area contributed by atoms with Crippen molar-refractivity contribution in [1.29, 1.82) is 0 Å². The monoisotopic (exact) mass is 442 g/mol. The van der Waals surface area contributed by atoms with Crippen molar-refractivity contribution in [3.05, 3.63) is 59.7 Å². The molecule has 1 fully saturated rings. The highest BCUT2D eigenvalue weighted by Gasteiger charge is 2.26. The van der Waals surface area contributed by atoms with Crippen molar-refractivity contribution in [3.63, 3.8) is 0 Å². The second-order valence-electron chi connectivity index (χ2n) is 8.29. The Morgan fingerprint density at radius 1 is 1.12 bits per heavy atom. The molecule has 1 saturated carbocycles. The number of amides is 1. The number of nitrogens with zero attached hydrogens (tertiary/aromatic N) is 4. The lowest BCUT2D eigenvalue weighted by Crippen LogP contribution is -2.36. The van der Waals surface area contributed by atoms with Crippen LogP contribution >= 0.6 is 0 Å². The van der Waals surface area contributed by atoms with Gasteiger partial charge in [0.1, 0.15) is 22.6 Å². The van der Waals surface area contributed by atoms with Gasteiger partial charge in [0.15, 0.2) is 5.65 Å². The number of benzene rings is 2. The number of fused-ring (bicyclic) bond motifs is 2. The molecule has 1 aliphatic rings. The number of methoxy groups -OCH3 is 1. The molecule has 0 spiro atoms. The quantitative estimate of drug-likeness (QED) is 0.452. The van der Waals surface area contributed by atoms with Crippen molar-refractivity contribution < 1.29 is 9.53 Å². The van der Waals surface area contributed by atoms with E-state index in [4.69, 9.17) is 20.4 Å². The Kier molecular flexibility index (Phi) is 5.64. The van der Waals surface area contributed by atoms with Crippen molar-refractivity contribution in [2.45, 2.75) is 38.1 Å². The van der Waals surface area contributed by atoms with Crippen molar-refractivity contribution in [3.8, 4) is 5.75 Å². The van der Waals surface area contributed by atoms with Gasteiger partial charge < -0.3 is 15.8 Å². The summed E-state index contributed by atoms with van der Waals surface area (Å²) >= 11 is 0. The molecule has 2 aromatic heterocycles. The first-order valence-electron chi connectivity index (χ1n) is 11.2. The average Bonchev–Trinajstić information content (AvgIpc) is 3.12. The first kappa shape index (κ1) is 20.9. The number of nitrogens with one attached hydrogen (secondary N) is 1. The van der Waals surface area contributed by atoms with E-state index in [0.29, 0.717) is 27.8 Å². The standard InChI is InChI=1S/C25H26N6O2/c1-33-18-11-7-8-16(14-18)15-27-31-23(26)21(25(32)28-17-9-3-2-4-10-17)22-24(31)30-20-13-6-5-12-19(20)29-22/h5-8,11-15,17H,2-4,9-10,26H2,1H3,(H,28,32)/b27-15-. The van der Waals surface area contributed by atoms with Crippen LogP contribution in [-0.2, 0) is 0 Å². The van der Waals surface area contributed by atoms with Crippen LogP contribution in [0.2, 0.25) is 0 Å². The highest BCUT2D eigenvalue weighted by atomic mass is 16.5. The molecule has 168 valence electrons. The summed E-state index contributed by atoms with van der Waals surface area (Å²) in [6.07, 6.45) is 7.08. The Labute approximate surface area is 191 Å². The van der Waals surface area contributed by atoms with Crippen LogP contribution in [0, 0.1) is 0 Å². The fourth-order valence-corrected chi connectivity index (χ4v) is 4.34. The Morgan fingerprint density at radius 2 is 1.88 bits per heavy atom. The summed E-state index contributed by atoms with van der Waals surface area (Å²) in [6.45, 7) is 0. The predicted molar refractivity (Wildman–Crippen MR) is 130 cm³/mol. The summed E-state index contributed by atoms with van der Waals surface area (Å²) in [6, 6.07) is 15.2. The highest BCUT2D eigenvalue weighted by Crippen LogP contribution is 2.28. The van der Waals surface area contributed by atoms with E-state index in [1.54, 1.807) is 13.3 Å². The summed E-state index contributed by atoms with van der Waals surface area (Å²) in [5, 5.41) is 7.71. The molecule has 2 heterocycles. The molecular formula is C25H26N6O2. The van der Waals surface area contributed by atoms with Gasteiger partial charge in [-0.15, -0.1) is 0 Å². The van der Waals surface area contributed by atoms with E-state index >= 15 is 0 Å². The molecule has 0 bridgehead atoms. The predicted octanol–water partition coefficient (Wildman–Crippen LogP) is 4.12. The Hall–Kier alpha value is -3.94. The molecule has 4 aromatic rings. The molecule has 0 radical (unpaired) electrons. The number of nitrogen functional groups attached to an aromatic ring is 1. The zero-order chi connectivity index (χ0) is 22.8. The summed E-state index contributed by atoms with van der Waals surface area (Å²) in [4.78, 5) is 22.8. The third kappa shape index (κ3) is 4.11. The maximum Gasteiger partial charge on any atom is 0.257 e. The minimum atomic E-state index is -0.232. The zero-order valence-electron chi connectivity index (χ0n) is 18.5. The zero-order valence-corrected chi connectivity index (χ0v) is 18.5. The minimum absolute atomic E-state index is 0.151. The molecule has 5 rings (SSSR count). The van der Waals surface area contributed by atoms with Gasteiger partial charge in [-0.3, -0.25) is 4.79 Å². The van der Waals surface area contributed by atoms with Gasteiger partial charge in [-0.1, -0.05) is 43.5 Å². The first-order valence-corrected chi connectivity index (χ1v) is 11.2. The molecule has 0 unspecified atom stereocenters. The number of anilines is 1.